The quantitative estimate of drug-likeness (QED) is 0.575. The maximum absolute atomic E-state index is 12.4. The second kappa shape index (κ2) is 8.98. The first kappa shape index (κ1) is 19.3. The molecule has 0 saturated heterocycles. The Balaban J connectivity index is 1.61. The Kier molecular flexibility index (Phi) is 6.21. The number of amides is 1. The van der Waals surface area contributed by atoms with Gasteiger partial charge in [-0.1, -0.05) is 18.2 Å². The van der Waals surface area contributed by atoms with E-state index in [0.29, 0.717) is 18.0 Å². The molecule has 0 bridgehead atoms. The molecular weight excluding hydrogens is 368 g/mol. The summed E-state index contributed by atoms with van der Waals surface area (Å²) in [5.74, 6) is 0.470. The predicted molar refractivity (Wildman–Crippen MR) is 101 cm³/mol. The van der Waals surface area contributed by atoms with E-state index in [9.17, 15) is 13.6 Å². The van der Waals surface area contributed by atoms with E-state index >= 15 is 0 Å². The largest absolute Gasteiger partial charge is 0.490 e. The standard InChI is InChI=1S/C20H19F2N3O3/c1-2-27-17-11-13(7-9-16(17)28-20(21)22)8-10-19(26)23-12-18-24-14-5-3-4-6-15(14)25-18/h3-11,20H,2,12H2,1H3,(H,23,26)(H,24,25). The topological polar surface area (TPSA) is 76.2 Å². The zero-order valence-electron chi connectivity index (χ0n) is 15.1. The van der Waals surface area contributed by atoms with Crippen LogP contribution < -0.4 is 14.8 Å². The van der Waals surface area contributed by atoms with Crippen molar-refractivity contribution in [3.63, 3.8) is 0 Å². The van der Waals surface area contributed by atoms with Crippen molar-refractivity contribution < 1.29 is 23.0 Å². The normalized spacial score (nSPS) is 11.3. The minimum atomic E-state index is -2.94. The number of ether oxygens (including phenoxy) is 2. The van der Waals surface area contributed by atoms with Gasteiger partial charge < -0.3 is 19.8 Å². The molecule has 2 N–H and O–H groups in total. The summed E-state index contributed by atoms with van der Waals surface area (Å²) >= 11 is 0. The fourth-order valence-electron chi connectivity index (χ4n) is 2.58. The van der Waals surface area contributed by atoms with Gasteiger partial charge in [-0.2, -0.15) is 8.78 Å². The molecule has 1 heterocycles. The van der Waals surface area contributed by atoms with Crippen LogP contribution in [0.15, 0.2) is 48.5 Å². The number of carbonyl (C=O) groups excluding carboxylic acids is 1. The van der Waals surface area contributed by atoms with Crippen LogP contribution in [0.5, 0.6) is 11.5 Å². The van der Waals surface area contributed by atoms with E-state index in [1.807, 2.05) is 24.3 Å². The third-order valence-corrected chi connectivity index (χ3v) is 3.78. The molecule has 0 saturated carbocycles. The van der Waals surface area contributed by atoms with Crippen molar-refractivity contribution in [3.05, 3.63) is 59.9 Å². The lowest BCUT2D eigenvalue weighted by Crippen LogP contribution is -2.20. The predicted octanol–water partition coefficient (Wildman–Crippen LogP) is 3.89. The van der Waals surface area contributed by atoms with Gasteiger partial charge in [0.15, 0.2) is 11.5 Å². The van der Waals surface area contributed by atoms with Crippen LogP contribution in [0.4, 0.5) is 8.78 Å². The molecule has 28 heavy (non-hydrogen) atoms. The summed E-state index contributed by atoms with van der Waals surface area (Å²) in [5.41, 5.74) is 2.35. The molecule has 3 rings (SSSR count). The zero-order valence-corrected chi connectivity index (χ0v) is 15.1. The van der Waals surface area contributed by atoms with Crippen LogP contribution >= 0.6 is 0 Å². The lowest BCUT2D eigenvalue weighted by Gasteiger charge is -2.11. The van der Waals surface area contributed by atoms with Crippen LogP contribution in [0, 0.1) is 0 Å². The lowest BCUT2D eigenvalue weighted by molar-refractivity contribution is -0.116. The number of nitrogens with one attached hydrogen (secondary N) is 2. The van der Waals surface area contributed by atoms with E-state index in [1.165, 1.54) is 18.2 Å². The van der Waals surface area contributed by atoms with Crippen LogP contribution in [0.2, 0.25) is 0 Å². The number of halogens is 2. The Morgan fingerprint density at radius 1 is 1.25 bits per heavy atom. The molecule has 0 spiro atoms. The lowest BCUT2D eigenvalue weighted by atomic mass is 10.2. The van der Waals surface area contributed by atoms with E-state index in [4.69, 9.17) is 4.74 Å². The van der Waals surface area contributed by atoms with Gasteiger partial charge in [-0.25, -0.2) is 4.98 Å². The van der Waals surface area contributed by atoms with E-state index in [-0.39, 0.29) is 24.0 Å². The fourth-order valence-corrected chi connectivity index (χ4v) is 2.58. The van der Waals surface area contributed by atoms with Crippen molar-refractivity contribution in [2.24, 2.45) is 0 Å². The summed E-state index contributed by atoms with van der Waals surface area (Å²) in [6, 6.07) is 12.1. The van der Waals surface area contributed by atoms with Crippen LogP contribution in [0.3, 0.4) is 0 Å². The van der Waals surface area contributed by atoms with Crippen molar-refractivity contribution in [2.45, 2.75) is 20.1 Å². The molecule has 0 radical (unpaired) electrons. The van der Waals surface area contributed by atoms with Gasteiger partial charge in [-0.15, -0.1) is 0 Å². The van der Waals surface area contributed by atoms with Crippen LogP contribution in [0.25, 0.3) is 17.1 Å². The van der Waals surface area contributed by atoms with Crippen molar-refractivity contribution in [1.82, 2.24) is 15.3 Å². The summed E-state index contributed by atoms with van der Waals surface area (Å²) in [4.78, 5) is 19.5. The molecular formula is C20H19F2N3O3. The van der Waals surface area contributed by atoms with Crippen molar-refractivity contribution in [3.8, 4) is 11.5 Å². The summed E-state index contributed by atoms with van der Waals surface area (Å²) in [6.07, 6.45) is 2.91. The van der Waals surface area contributed by atoms with Gasteiger partial charge in [0, 0.05) is 6.08 Å². The van der Waals surface area contributed by atoms with Crippen LogP contribution in [0.1, 0.15) is 18.3 Å². The number of H-pyrrole nitrogens is 1. The number of nitrogens with zero attached hydrogens (tertiary/aromatic N) is 1. The first-order valence-electron chi connectivity index (χ1n) is 8.66. The van der Waals surface area contributed by atoms with E-state index in [0.717, 1.165) is 11.0 Å². The maximum atomic E-state index is 12.4. The molecule has 1 aromatic heterocycles. The molecule has 3 aromatic rings. The number of hydrogen-bond acceptors (Lipinski definition) is 4. The monoisotopic (exact) mass is 387 g/mol. The number of para-hydroxylation sites is 2. The van der Waals surface area contributed by atoms with Crippen molar-refractivity contribution in [2.75, 3.05) is 6.61 Å². The van der Waals surface area contributed by atoms with Crippen molar-refractivity contribution >= 4 is 23.0 Å². The van der Waals surface area contributed by atoms with Gasteiger partial charge in [0.1, 0.15) is 5.82 Å². The molecule has 0 atom stereocenters. The number of alkyl halides is 2. The number of aromatic amines is 1. The highest BCUT2D eigenvalue weighted by Crippen LogP contribution is 2.30. The average molecular weight is 387 g/mol. The highest BCUT2D eigenvalue weighted by molar-refractivity contribution is 5.91. The number of fused-ring (bicyclic) bond motifs is 1. The summed E-state index contributed by atoms with van der Waals surface area (Å²) in [7, 11) is 0. The molecule has 6 nitrogen and oxygen atoms in total. The Labute approximate surface area is 160 Å². The molecule has 8 heteroatoms. The van der Waals surface area contributed by atoms with E-state index < -0.39 is 6.61 Å². The minimum Gasteiger partial charge on any atom is -0.490 e. The first-order valence-corrected chi connectivity index (χ1v) is 8.66. The highest BCUT2D eigenvalue weighted by Gasteiger charge is 2.11. The highest BCUT2D eigenvalue weighted by atomic mass is 19.3. The Bertz CT molecular complexity index is 953. The Hall–Kier alpha value is -3.42. The summed E-state index contributed by atoms with van der Waals surface area (Å²) in [6.45, 7) is -0.654. The summed E-state index contributed by atoms with van der Waals surface area (Å²) < 4.78 is 34.6. The number of imidazole rings is 1. The molecule has 0 unspecified atom stereocenters. The number of carbonyl (C=O) groups is 1. The van der Waals surface area contributed by atoms with Gasteiger partial charge >= 0.3 is 6.61 Å². The molecule has 2 aromatic carbocycles. The Morgan fingerprint density at radius 3 is 2.82 bits per heavy atom. The molecule has 1 amide bonds. The molecule has 0 aliphatic heterocycles. The molecule has 146 valence electrons. The molecule has 0 aliphatic carbocycles. The summed E-state index contributed by atoms with van der Waals surface area (Å²) in [5, 5.41) is 2.73. The zero-order chi connectivity index (χ0) is 19.9. The number of hydrogen-bond donors (Lipinski definition) is 2. The van der Waals surface area contributed by atoms with Gasteiger partial charge in [-0.05, 0) is 42.8 Å². The second-order valence-electron chi connectivity index (χ2n) is 5.77. The van der Waals surface area contributed by atoms with Gasteiger partial charge in [-0.3, -0.25) is 4.79 Å². The molecule has 0 fully saturated rings. The third-order valence-electron chi connectivity index (χ3n) is 3.78. The van der Waals surface area contributed by atoms with Gasteiger partial charge in [0.2, 0.25) is 5.91 Å². The third kappa shape index (κ3) is 5.06. The SMILES string of the molecule is CCOc1cc(C=CC(=O)NCc2nc3ccccc3[nH]2)ccc1OC(F)F. The van der Waals surface area contributed by atoms with Gasteiger partial charge in [0.05, 0.1) is 24.2 Å². The van der Waals surface area contributed by atoms with Crippen LogP contribution in [-0.2, 0) is 11.3 Å². The Morgan fingerprint density at radius 2 is 2.07 bits per heavy atom. The fraction of sp³-hybridized carbons (Fsp3) is 0.200. The smallest absolute Gasteiger partial charge is 0.387 e. The maximum Gasteiger partial charge on any atom is 0.387 e. The first-order chi connectivity index (χ1) is 13.5. The average Bonchev–Trinajstić information content (AvgIpc) is 3.09. The minimum absolute atomic E-state index is 0.0525. The second-order valence-corrected chi connectivity index (χ2v) is 5.77. The number of rotatable bonds is 8. The molecule has 0 aliphatic rings. The number of benzene rings is 2. The van der Waals surface area contributed by atoms with Crippen molar-refractivity contribution in [1.29, 1.82) is 0 Å². The van der Waals surface area contributed by atoms with E-state index in [1.54, 1.807) is 19.1 Å². The van der Waals surface area contributed by atoms with E-state index in [2.05, 4.69) is 20.0 Å². The van der Waals surface area contributed by atoms with Gasteiger partial charge in [0.25, 0.3) is 0 Å². The van der Waals surface area contributed by atoms with Crippen LogP contribution in [-0.4, -0.2) is 29.1 Å². The number of aromatic nitrogens is 2.